The molecule has 0 radical (unpaired) electrons. The van der Waals surface area contributed by atoms with Crippen molar-refractivity contribution in [3.05, 3.63) is 94.6 Å². The molecule has 0 aromatic heterocycles. The number of methoxy groups -OCH3 is 1. The SMILES string of the molecule is CCCOc1ccc(/C(O)=C2/C(=O)C(=O)N(c3ccc(CC(=O)O)cc3)C2c2ccc(OC)cc2)cc1C. The number of aliphatic hydroxyl groups is 1. The summed E-state index contributed by atoms with van der Waals surface area (Å²) in [6.07, 6.45) is 0.683. The van der Waals surface area contributed by atoms with Gasteiger partial charge in [0.15, 0.2) is 0 Å². The van der Waals surface area contributed by atoms with E-state index in [0.29, 0.717) is 40.5 Å². The maximum Gasteiger partial charge on any atom is 0.307 e. The minimum atomic E-state index is -0.974. The number of ether oxygens (including phenoxy) is 2. The van der Waals surface area contributed by atoms with Crippen molar-refractivity contribution in [3.63, 3.8) is 0 Å². The summed E-state index contributed by atoms with van der Waals surface area (Å²) in [7, 11) is 1.54. The predicted octanol–water partition coefficient (Wildman–Crippen LogP) is 5.05. The molecule has 0 spiro atoms. The van der Waals surface area contributed by atoms with Gasteiger partial charge in [-0.25, -0.2) is 0 Å². The Balaban J connectivity index is 1.83. The zero-order chi connectivity index (χ0) is 27.4. The fourth-order valence-electron chi connectivity index (χ4n) is 4.48. The van der Waals surface area contributed by atoms with Crippen molar-refractivity contribution in [1.29, 1.82) is 0 Å². The predicted molar refractivity (Wildman–Crippen MR) is 143 cm³/mol. The highest BCUT2D eigenvalue weighted by atomic mass is 16.5. The van der Waals surface area contributed by atoms with Crippen LogP contribution in [0.3, 0.4) is 0 Å². The lowest BCUT2D eigenvalue weighted by Crippen LogP contribution is -2.29. The molecule has 1 saturated heterocycles. The number of carboxylic acids is 1. The molecule has 196 valence electrons. The molecular formula is C30H29NO7. The van der Waals surface area contributed by atoms with Crippen molar-refractivity contribution in [2.45, 2.75) is 32.7 Å². The third kappa shape index (κ3) is 5.25. The van der Waals surface area contributed by atoms with Crippen LogP contribution in [0.25, 0.3) is 5.76 Å². The van der Waals surface area contributed by atoms with Crippen LogP contribution in [-0.4, -0.2) is 41.6 Å². The van der Waals surface area contributed by atoms with Crippen LogP contribution in [0.1, 0.15) is 41.6 Å². The largest absolute Gasteiger partial charge is 0.507 e. The van der Waals surface area contributed by atoms with Crippen LogP contribution in [0.15, 0.2) is 72.3 Å². The maximum absolute atomic E-state index is 13.4. The molecule has 3 aromatic rings. The number of rotatable bonds is 9. The molecule has 0 bridgehead atoms. The van der Waals surface area contributed by atoms with Gasteiger partial charge in [-0.2, -0.15) is 0 Å². The molecule has 0 aliphatic carbocycles. The zero-order valence-corrected chi connectivity index (χ0v) is 21.4. The monoisotopic (exact) mass is 515 g/mol. The number of aryl methyl sites for hydroxylation is 1. The Labute approximate surface area is 220 Å². The zero-order valence-electron chi connectivity index (χ0n) is 21.4. The first kappa shape index (κ1) is 26.5. The lowest BCUT2D eigenvalue weighted by atomic mass is 9.94. The molecule has 1 heterocycles. The van der Waals surface area contributed by atoms with Crippen LogP contribution in [0.5, 0.6) is 11.5 Å². The average Bonchev–Trinajstić information content (AvgIpc) is 3.17. The molecule has 1 atom stereocenters. The average molecular weight is 516 g/mol. The van der Waals surface area contributed by atoms with Gasteiger partial charge in [0, 0.05) is 11.3 Å². The number of anilines is 1. The van der Waals surface area contributed by atoms with Crippen LogP contribution < -0.4 is 14.4 Å². The van der Waals surface area contributed by atoms with Gasteiger partial charge in [-0.1, -0.05) is 31.2 Å². The van der Waals surface area contributed by atoms with Crippen molar-refractivity contribution in [1.82, 2.24) is 0 Å². The molecule has 1 amide bonds. The number of hydrogen-bond donors (Lipinski definition) is 2. The Kier molecular flexibility index (Phi) is 7.81. The van der Waals surface area contributed by atoms with Crippen LogP contribution >= 0.6 is 0 Å². The van der Waals surface area contributed by atoms with Crippen molar-refractivity contribution in [2.24, 2.45) is 0 Å². The Morgan fingerprint density at radius 2 is 1.66 bits per heavy atom. The number of aliphatic hydroxyl groups excluding tert-OH is 1. The number of amides is 1. The van der Waals surface area contributed by atoms with E-state index < -0.39 is 23.7 Å². The van der Waals surface area contributed by atoms with Gasteiger partial charge < -0.3 is 19.7 Å². The number of benzene rings is 3. The molecule has 8 nitrogen and oxygen atoms in total. The van der Waals surface area contributed by atoms with Crippen LogP contribution in [0.4, 0.5) is 5.69 Å². The van der Waals surface area contributed by atoms with Crippen molar-refractivity contribution >= 4 is 29.1 Å². The van der Waals surface area contributed by atoms with Gasteiger partial charge in [-0.05, 0) is 72.5 Å². The van der Waals surface area contributed by atoms with E-state index in [0.717, 1.165) is 12.0 Å². The van der Waals surface area contributed by atoms with Gasteiger partial charge in [0.25, 0.3) is 11.7 Å². The summed E-state index contributed by atoms with van der Waals surface area (Å²) >= 11 is 0. The van der Waals surface area contributed by atoms with Gasteiger partial charge in [-0.3, -0.25) is 19.3 Å². The summed E-state index contributed by atoms with van der Waals surface area (Å²) in [6, 6.07) is 17.5. The number of carbonyl (C=O) groups is 3. The topological polar surface area (TPSA) is 113 Å². The lowest BCUT2D eigenvalue weighted by molar-refractivity contribution is -0.136. The standard InChI is InChI=1S/C30H29NO7/c1-4-15-38-24-14-9-21(16-18(24)2)28(34)26-27(20-7-12-23(37-3)13-8-20)31(30(36)29(26)35)22-10-5-19(6-11-22)17-25(32)33/h5-14,16,27,34H,4,15,17H2,1-3H3,(H,32,33)/b28-26-. The molecular weight excluding hydrogens is 486 g/mol. The highest BCUT2D eigenvalue weighted by Crippen LogP contribution is 2.42. The number of Topliss-reactive ketones (excluding diaryl/α,β-unsaturated/α-hetero) is 1. The minimum absolute atomic E-state index is 0.0450. The number of hydrogen-bond acceptors (Lipinski definition) is 6. The molecule has 4 rings (SSSR count). The first-order chi connectivity index (χ1) is 18.2. The van der Waals surface area contributed by atoms with Gasteiger partial charge in [0.2, 0.25) is 0 Å². The van der Waals surface area contributed by atoms with Crippen LogP contribution in [0, 0.1) is 6.92 Å². The summed E-state index contributed by atoms with van der Waals surface area (Å²) in [6.45, 7) is 4.41. The quantitative estimate of drug-likeness (QED) is 0.233. The smallest absolute Gasteiger partial charge is 0.307 e. The van der Waals surface area contributed by atoms with Crippen LogP contribution in [-0.2, 0) is 20.8 Å². The van der Waals surface area contributed by atoms with Gasteiger partial charge in [0.05, 0.1) is 31.8 Å². The van der Waals surface area contributed by atoms with Gasteiger partial charge in [-0.15, -0.1) is 0 Å². The van der Waals surface area contributed by atoms with E-state index in [1.807, 2.05) is 13.8 Å². The fourth-order valence-corrected chi connectivity index (χ4v) is 4.48. The van der Waals surface area contributed by atoms with E-state index >= 15 is 0 Å². The number of ketones is 1. The number of nitrogens with zero attached hydrogens (tertiary/aromatic N) is 1. The second-order valence-corrected chi connectivity index (χ2v) is 9.01. The Hall–Kier alpha value is -4.59. The van der Waals surface area contributed by atoms with Crippen molar-refractivity contribution in [3.8, 4) is 11.5 Å². The number of carbonyl (C=O) groups excluding carboxylic acids is 2. The normalized spacial score (nSPS) is 16.5. The molecule has 3 aromatic carbocycles. The summed E-state index contributed by atoms with van der Waals surface area (Å²) in [5, 5.41) is 20.5. The number of aliphatic carboxylic acids is 1. The van der Waals surface area contributed by atoms with E-state index in [2.05, 4.69) is 0 Å². The molecule has 0 saturated carbocycles. The van der Waals surface area contributed by atoms with Crippen molar-refractivity contribution in [2.75, 3.05) is 18.6 Å². The second-order valence-electron chi connectivity index (χ2n) is 9.01. The van der Waals surface area contributed by atoms with E-state index in [9.17, 15) is 19.5 Å². The third-order valence-corrected chi connectivity index (χ3v) is 6.36. The van der Waals surface area contributed by atoms with Gasteiger partial charge in [0.1, 0.15) is 17.3 Å². The highest BCUT2D eigenvalue weighted by molar-refractivity contribution is 6.51. The Morgan fingerprint density at radius 1 is 0.974 bits per heavy atom. The molecule has 1 unspecified atom stereocenters. The third-order valence-electron chi connectivity index (χ3n) is 6.36. The maximum atomic E-state index is 13.4. The molecule has 1 aliphatic rings. The molecule has 2 N–H and O–H groups in total. The van der Waals surface area contributed by atoms with Crippen LogP contribution in [0.2, 0.25) is 0 Å². The van der Waals surface area contributed by atoms with E-state index in [4.69, 9.17) is 14.6 Å². The summed E-state index contributed by atoms with van der Waals surface area (Å²) in [5.41, 5.74) is 2.68. The molecule has 8 heteroatoms. The van der Waals surface area contributed by atoms with E-state index in [-0.39, 0.29) is 17.8 Å². The highest BCUT2D eigenvalue weighted by Gasteiger charge is 2.47. The van der Waals surface area contributed by atoms with Crippen molar-refractivity contribution < 1.29 is 34.1 Å². The molecule has 1 fully saturated rings. The Bertz CT molecular complexity index is 1390. The summed E-state index contributed by atoms with van der Waals surface area (Å²) in [5.74, 6) is -1.60. The first-order valence-electron chi connectivity index (χ1n) is 12.2. The fraction of sp³-hybridized carbons (Fsp3) is 0.233. The van der Waals surface area contributed by atoms with E-state index in [1.54, 1.807) is 66.7 Å². The summed E-state index contributed by atoms with van der Waals surface area (Å²) < 4.78 is 11.0. The minimum Gasteiger partial charge on any atom is -0.507 e. The van der Waals surface area contributed by atoms with E-state index in [1.165, 1.54) is 12.0 Å². The molecule has 38 heavy (non-hydrogen) atoms. The Morgan fingerprint density at radius 3 is 2.24 bits per heavy atom. The molecule has 1 aliphatic heterocycles. The van der Waals surface area contributed by atoms with Gasteiger partial charge >= 0.3 is 5.97 Å². The first-order valence-corrected chi connectivity index (χ1v) is 12.2. The summed E-state index contributed by atoms with van der Waals surface area (Å²) in [4.78, 5) is 39.1. The second kappa shape index (κ2) is 11.2. The number of carboxylic acid groups (broad SMARTS) is 1. The lowest BCUT2D eigenvalue weighted by Gasteiger charge is -2.26.